The van der Waals surface area contributed by atoms with Crippen LogP contribution in [0.2, 0.25) is 0 Å². The highest BCUT2D eigenvalue weighted by atomic mass is 31.2. The minimum Gasteiger partial charge on any atom is -0.462 e. The molecule has 0 aromatic rings. The molecule has 0 aromatic heterocycles. The summed E-state index contributed by atoms with van der Waals surface area (Å²) in [6.45, 7) is 2.30. The first kappa shape index (κ1) is 35.8. The lowest BCUT2D eigenvalue weighted by Crippen LogP contribution is -2.37. The van der Waals surface area contributed by atoms with Gasteiger partial charge in [-0.05, 0) is 32.1 Å². The number of esters is 1. The van der Waals surface area contributed by atoms with Gasteiger partial charge in [0.05, 0.1) is 27.7 Å². The normalized spacial score (nSPS) is 14.4. The highest BCUT2D eigenvalue weighted by Crippen LogP contribution is 2.43. The first-order chi connectivity index (χ1) is 17.6. The van der Waals surface area contributed by atoms with Crippen LogP contribution < -0.4 is 0 Å². The summed E-state index contributed by atoms with van der Waals surface area (Å²) < 4.78 is 32.3. The van der Waals surface area contributed by atoms with Gasteiger partial charge in [0.2, 0.25) is 0 Å². The molecule has 0 saturated heterocycles. The number of rotatable bonds is 26. The maximum atomic E-state index is 12.0. The molecule has 2 atom stereocenters. The van der Waals surface area contributed by atoms with Gasteiger partial charge >= 0.3 is 13.8 Å². The largest absolute Gasteiger partial charge is 0.472 e. The van der Waals surface area contributed by atoms with E-state index in [9.17, 15) is 19.0 Å². The third kappa shape index (κ3) is 26.2. The van der Waals surface area contributed by atoms with Gasteiger partial charge < -0.3 is 18.9 Å². The molecule has 0 saturated carbocycles. The second-order valence-corrected chi connectivity index (χ2v) is 11.9. The number of carbonyl (C=O) groups is 2. The molecule has 0 fully saturated rings. The summed E-state index contributed by atoms with van der Waals surface area (Å²) >= 11 is 0. The molecule has 0 aliphatic heterocycles. The van der Waals surface area contributed by atoms with Gasteiger partial charge in [-0.2, -0.15) is 0 Å². The monoisotopic (exact) mass is 550 g/mol. The van der Waals surface area contributed by atoms with Gasteiger partial charge in [0.1, 0.15) is 19.8 Å². The van der Waals surface area contributed by atoms with Crippen molar-refractivity contribution in [2.75, 3.05) is 47.5 Å². The molecule has 0 heterocycles. The highest BCUT2D eigenvalue weighted by Gasteiger charge is 2.25. The van der Waals surface area contributed by atoms with E-state index in [0.29, 0.717) is 11.0 Å². The van der Waals surface area contributed by atoms with Crippen molar-refractivity contribution in [2.24, 2.45) is 0 Å². The van der Waals surface area contributed by atoms with Gasteiger partial charge in [-0.1, -0.05) is 70.4 Å². The molecule has 0 bridgehead atoms. The van der Waals surface area contributed by atoms with Crippen molar-refractivity contribution in [1.82, 2.24) is 0 Å². The Hall–Kier alpha value is -1.25. The number of phosphoric ester groups is 1. The van der Waals surface area contributed by atoms with Gasteiger partial charge in [0.25, 0.3) is 6.47 Å². The zero-order valence-corrected chi connectivity index (χ0v) is 24.6. The van der Waals surface area contributed by atoms with Crippen molar-refractivity contribution in [3.63, 3.8) is 0 Å². The second-order valence-electron chi connectivity index (χ2n) is 10.5. The zero-order chi connectivity index (χ0) is 27.8. The summed E-state index contributed by atoms with van der Waals surface area (Å²) in [5.41, 5.74) is 0. The summed E-state index contributed by atoms with van der Waals surface area (Å²) in [6.07, 6.45) is 19.2. The van der Waals surface area contributed by atoms with Crippen LogP contribution in [0.4, 0.5) is 0 Å². The molecule has 0 rings (SSSR count). The third-order valence-electron chi connectivity index (χ3n) is 5.76. The molecule has 0 aromatic carbocycles. The maximum Gasteiger partial charge on any atom is 0.472 e. The number of unbranched alkanes of at least 4 members (excludes halogenated alkanes) is 11. The van der Waals surface area contributed by atoms with E-state index in [-0.39, 0.29) is 26.1 Å². The number of hydrogen-bond donors (Lipinski definition) is 1. The van der Waals surface area contributed by atoms with E-state index in [1.807, 2.05) is 21.1 Å². The predicted molar refractivity (Wildman–Crippen MR) is 146 cm³/mol. The first-order valence-corrected chi connectivity index (χ1v) is 15.4. The van der Waals surface area contributed by atoms with Crippen molar-refractivity contribution in [3.05, 3.63) is 12.2 Å². The Morgan fingerprint density at radius 3 is 2.00 bits per heavy atom. The topological polar surface area (TPSA) is 108 Å². The number of likely N-dealkylation sites (N-methyl/N-ethyl adjacent to an activating group) is 1. The predicted octanol–water partition coefficient (Wildman–Crippen LogP) is 5.95. The van der Waals surface area contributed by atoms with E-state index in [0.717, 1.165) is 38.5 Å². The molecule has 37 heavy (non-hydrogen) atoms. The Morgan fingerprint density at radius 1 is 0.865 bits per heavy atom. The van der Waals surface area contributed by atoms with E-state index in [1.165, 1.54) is 44.9 Å². The van der Waals surface area contributed by atoms with Crippen LogP contribution >= 0.6 is 7.82 Å². The van der Waals surface area contributed by atoms with Crippen molar-refractivity contribution in [2.45, 2.75) is 103 Å². The Balaban J connectivity index is 3.83. The SMILES string of the molecule is CCCCCCCCC=CCCCCCCCC(=O)OC[C@H](COP(=O)(O)OCC[N+](C)(C)C)OC=O. The van der Waals surface area contributed by atoms with Gasteiger partial charge in [-0.15, -0.1) is 0 Å². The molecular formula is C27H53NO8P+. The van der Waals surface area contributed by atoms with Crippen molar-refractivity contribution < 1.29 is 42.1 Å². The molecule has 0 aliphatic rings. The van der Waals surface area contributed by atoms with Gasteiger partial charge in [-0.3, -0.25) is 18.6 Å². The van der Waals surface area contributed by atoms with Crippen LogP contribution in [0.1, 0.15) is 96.8 Å². The number of phosphoric acid groups is 1. The summed E-state index contributed by atoms with van der Waals surface area (Å²) in [6, 6.07) is 0. The summed E-state index contributed by atoms with van der Waals surface area (Å²) in [5.74, 6) is -0.400. The zero-order valence-electron chi connectivity index (χ0n) is 23.7. The van der Waals surface area contributed by atoms with Gasteiger partial charge in [-0.25, -0.2) is 4.57 Å². The van der Waals surface area contributed by atoms with Crippen molar-refractivity contribution in [1.29, 1.82) is 0 Å². The van der Waals surface area contributed by atoms with Crippen LogP contribution in [0.15, 0.2) is 12.2 Å². The molecule has 9 nitrogen and oxygen atoms in total. The van der Waals surface area contributed by atoms with Gasteiger partial charge in [0, 0.05) is 6.42 Å². The quantitative estimate of drug-likeness (QED) is 0.0352. The summed E-state index contributed by atoms with van der Waals surface area (Å²) in [5, 5.41) is 0. The lowest BCUT2D eigenvalue weighted by Gasteiger charge is -2.24. The minimum atomic E-state index is -4.30. The number of hydrogen-bond acceptors (Lipinski definition) is 7. The lowest BCUT2D eigenvalue weighted by molar-refractivity contribution is -0.870. The minimum absolute atomic E-state index is 0.0292. The lowest BCUT2D eigenvalue weighted by atomic mass is 10.1. The average molecular weight is 551 g/mol. The molecule has 0 aliphatic carbocycles. The van der Waals surface area contributed by atoms with Crippen molar-refractivity contribution >= 4 is 20.3 Å². The van der Waals surface area contributed by atoms with Crippen LogP contribution in [0, 0.1) is 0 Å². The first-order valence-electron chi connectivity index (χ1n) is 13.9. The van der Waals surface area contributed by atoms with E-state index in [1.54, 1.807) is 0 Å². The fraction of sp³-hybridized carbons (Fsp3) is 0.852. The Bertz CT molecular complexity index is 651. The number of carbonyl (C=O) groups excluding carboxylic acids is 2. The number of nitrogens with zero attached hydrogens (tertiary/aromatic N) is 1. The van der Waals surface area contributed by atoms with Crippen LogP contribution in [0.5, 0.6) is 0 Å². The second kappa shape index (κ2) is 22.7. The van der Waals surface area contributed by atoms with Crippen molar-refractivity contribution in [3.8, 4) is 0 Å². The fourth-order valence-electron chi connectivity index (χ4n) is 3.45. The highest BCUT2D eigenvalue weighted by molar-refractivity contribution is 7.47. The molecule has 0 radical (unpaired) electrons. The fourth-order valence-corrected chi connectivity index (χ4v) is 4.19. The van der Waals surface area contributed by atoms with Crippen LogP contribution in [0.3, 0.4) is 0 Å². The molecule has 218 valence electrons. The number of quaternary nitrogens is 1. The van der Waals surface area contributed by atoms with Crippen LogP contribution in [-0.2, 0) is 32.7 Å². The van der Waals surface area contributed by atoms with Crippen LogP contribution in [0.25, 0.3) is 0 Å². The standard InChI is InChI=1S/C27H52NO8P/c1-5-6-7-8-9-10-11-12-13-14-15-16-17-18-19-20-27(30)33-23-26(34-25-29)24-36-37(31,32)35-22-21-28(2,3)4/h12-13,25-26H,5-11,14-24H2,1-4H3/p+1/t26-/m1/s1. The van der Waals surface area contributed by atoms with E-state index >= 15 is 0 Å². The Morgan fingerprint density at radius 2 is 1.43 bits per heavy atom. The van der Waals surface area contributed by atoms with E-state index < -0.39 is 26.5 Å². The van der Waals surface area contributed by atoms with Crippen LogP contribution in [-0.4, -0.2) is 75.4 Å². The Labute approximate surface area is 225 Å². The van der Waals surface area contributed by atoms with E-state index in [4.69, 9.17) is 18.5 Å². The molecule has 1 N–H and O–H groups in total. The summed E-state index contributed by atoms with van der Waals surface area (Å²) in [7, 11) is 1.47. The molecule has 1 unspecified atom stereocenters. The molecule has 0 amide bonds. The molecule has 10 heteroatoms. The number of allylic oxidation sites excluding steroid dienone is 2. The smallest absolute Gasteiger partial charge is 0.462 e. The third-order valence-corrected chi connectivity index (χ3v) is 6.75. The van der Waals surface area contributed by atoms with E-state index in [2.05, 4.69) is 19.1 Å². The van der Waals surface area contributed by atoms with Gasteiger partial charge in [0.15, 0.2) is 6.10 Å². The Kier molecular flexibility index (Phi) is 21.9. The number of ether oxygens (including phenoxy) is 2. The molecular weight excluding hydrogens is 497 g/mol. The molecule has 0 spiro atoms. The summed E-state index contributed by atoms with van der Waals surface area (Å²) in [4.78, 5) is 32.4. The average Bonchev–Trinajstić information content (AvgIpc) is 2.82. The maximum absolute atomic E-state index is 12.0.